The van der Waals surface area contributed by atoms with Crippen LogP contribution in [0.4, 0.5) is 0 Å². The van der Waals surface area contributed by atoms with Gasteiger partial charge in [0, 0.05) is 11.3 Å². The van der Waals surface area contributed by atoms with Crippen molar-refractivity contribution >= 4 is 49.3 Å². The van der Waals surface area contributed by atoms with E-state index >= 15 is 0 Å². The maximum absolute atomic E-state index is 13.4. The zero-order valence-electron chi connectivity index (χ0n) is 14.1. The van der Waals surface area contributed by atoms with E-state index in [1.807, 2.05) is 12.1 Å². The minimum atomic E-state index is -3.86. The third kappa shape index (κ3) is 2.79. The molecule has 134 valence electrons. The molecular formula is C20H18INO3S. The van der Waals surface area contributed by atoms with Gasteiger partial charge in [0.25, 0.3) is 10.0 Å². The number of ketones is 1. The van der Waals surface area contributed by atoms with Crippen LogP contribution >= 0.6 is 22.6 Å². The normalized spacial score (nSPS) is 15.6. The SMILES string of the molecule is O=C(c1c(I)c2ccccc2n1S(=O)(=O)c1ccccc1)C1CCCC1. The Bertz CT molecular complexity index is 1080. The molecule has 1 aromatic heterocycles. The Morgan fingerprint density at radius 1 is 0.962 bits per heavy atom. The summed E-state index contributed by atoms with van der Waals surface area (Å²) in [4.78, 5) is 13.4. The Balaban J connectivity index is 2.02. The van der Waals surface area contributed by atoms with E-state index in [0.29, 0.717) is 11.2 Å². The number of benzene rings is 2. The first-order valence-electron chi connectivity index (χ1n) is 8.65. The zero-order valence-corrected chi connectivity index (χ0v) is 17.0. The predicted molar refractivity (Wildman–Crippen MR) is 110 cm³/mol. The van der Waals surface area contributed by atoms with Crippen molar-refractivity contribution in [1.29, 1.82) is 0 Å². The number of rotatable bonds is 4. The van der Waals surface area contributed by atoms with Gasteiger partial charge in [-0.05, 0) is 53.6 Å². The monoisotopic (exact) mass is 479 g/mol. The van der Waals surface area contributed by atoms with E-state index in [2.05, 4.69) is 22.6 Å². The second-order valence-electron chi connectivity index (χ2n) is 6.61. The maximum Gasteiger partial charge on any atom is 0.268 e. The molecule has 0 aliphatic heterocycles. The first-order chi connectivity index (χ1) is 12.5. The molecule has 3 aromatic rings. The molecule has 6 heteroatoms. The Labute approximate surface area is 166 Å². The van der Waals surface area contributed by atoms with Gasteiger partial charge in [-0.1, -0.05) is 49.2 Å². The highest BCUT2D eigenvalue weighted by Gasteiger charge is 2.33. The van der Waals surface area contributed by atoms with Crippen molar-refractivity contribution in [2.45, 2.75) is 30.6 Å². The lowest BCUT2D eigenvalue weighted by Crippen LogP contribution is -2.22. The highest BCUT2D eigenvalue weighted by Crippen LogP contribution is 2.36. The third-order valence-corrected chi connectivity index (χ3v) is 7.83. The Kier molecular flexibility index (Phi) is 4.64. The van der Waals surface area contributed by atoms with E-state index in [4.69, 9.17) is 0 Å². The van der Waals surface area contributed by atoms with Gasteiger partial charge in [0.05, 0.1) is 14.0 Å². The number of fused-ring (bicyclic) bond motifs is 1. The summed E-state index contributed by atoms with van der Waals surface area (Å²) in [6.07, 6.45) is 3.72. The number of aromatic nitrogens is 1. The van der Waals surface area contributed by atoms with Crippen LogP contribution in [0, 0.1) is 9.49 Å². The van der Waals surface area contributed by atoms with Crippen LogP contribution in [0.15, 0.2) is 59.5 Å². The zero-order chi connectivity index (χ0) is 18.3. The molecule has 2 aromatic carbocycles. The molecule has 1 aliphatic carbocycles. The van der Waals surface area contributed by atoms with Crippen LogP contribution < -0.4 is 0 Å². The molecule has 0 radical (unpaired) electrons. The lowest BCUT2D eigenvalue weighted by Gasteiger charge is -2.14. The van der Waals surface area contributed by atoms with Gasteiger partial charge in [-0.15, -0.1) is 0 Å². The van der Waals surface area contributed by atoms with Gasteiger partial charge in [0.1, 0.15) is 5.69 Å². The van der Waals surface area contributed by atoms with Crippen molar-refractivity contribution in [1.82, 2.24) is 3.97 Å². The van der Waals surface area contributed by atoms with Gasteiger partial charge in [-0.2, -0.15) is 0 Å². The number of carbonyl (C=O) groups excluding carboxylic acids is 1. The van der Waals surface area contributed by atoms with Crippen LogP contribution in [-0.2, 0) is 10.0 Å². The summed E-state index contributed by atoms with van der Waals surface area (Å²) in [5.74, 6) is -0.139. The van der Waals surface area contributed by atoms with E-state index in [1.165, 1.54) is 3.97 Å². The van der Waals surface area contributed by atoms with Gasteiger partial charge in [-0.3, -0.25) is 4.79 Å². The molecule has 26 heavy (non-hydrogen) atoms. The summed E-state index contributed by atoms with van der Waals surface area (Å²) >= 11 is 2.11. The highest BCUT2D eigenvalue weighted by atomic mass is 127. The molecule has 0 saturated heterocycles. The van der Waals surface area contributed by atoms with Crippen molar-refractivity contribution in [2.75, 3.05) is 0 Å². The van der Waals surface area contributed by atoms with Crippen LogP contribution in [0.2, 0.25) is 0 Å². The second kappa shape index (κ2) is 6.81. The molecule has 1 heterocycles. The van der Waals surface area contributed by atoms with Crippen molar-refractivity contribution in [3.63, 3.8) is 0 Å². The van der Waals surface area contributed by atoms with Crippen molar-refractivity contribution in [3.05, 3.63) is 63.9 Å². The van der Waals surface area contributed by atoms with E-state index in [-0.39, 0.29) is 16.6 Å². The van der Waals surface area contributed by atoms with Gasteiger partial charge in [0.15, 0.2) is 5.78 Å². The van der Waals surface area contributed by atoms with Crippen LogP contribution in [0.25, 0.3) is 10.9 Å². The standard InChI is InChI=1S/C20H18INO3S/c21-18-16-12-6-7-13-17(16)22(19(18)20(23)14-8-4-5-9-14)26(24,25)15-10-2-1-3-11-15/h1-3,6-7,10-14H,4-5,8-9H2. The lowest BCUT2D eigenvalue weighted by molar-refractivity contribution is 0.0916. The van der Waals surface area contributed by atoms with E-state index in [1.54, 1.807) is 42.5 Å². The maximum atomic E-state index is 13.4. The Morgan fingerprint density at radius 2 is 1.58 bits per heavy atom. The molecule has 0 amide bonds. The van der Waals surface area contributed by atoms with E-state index in [0.717, 1.165) is 34.6 Å². The minimum Gasteiger partial charge on any atom is -0.292 e. The largest absolute Gasteiger partial charge is 0.292 e. The van der Waals surface area contributed by atoms with Crippen LogP contribution in [-0.4, -0.2) is 18.2 Å². The molecule has 1 saturated carbocycles. The van der Waals surface area contributed by atoms with Crippen molar-refractivity contribution in [2.24, 2.45) is 5.92 Å². The summed E-state index contributed by atoms with van der Waals surface area (Å²) in [6, 6.07) is 15.6. The summed E-state index contributed by atoms with van der Waals surface area (Å²) in [5, 5.41) is 0.800. The molecule has 0 bridgehead atoms. The summed E-state index contributed by atoms with van der Waals surface area (Å²) in [5.41, 5.74) is 0.865. The molecule has 0 unspecified atom stereocenters. The fraction of sp³-hybridized carbons (Fsp3) is 0.250. The smallest absolute Gasteiger partial charge is 0.268 e. The molecule has 4 nitrogen and oxygen atoms in total. The number of hydrogen-bond acceptors (Lipinski definition) is 3. The summed E-state index contributed by atoms with van der Waals surface area (Å²) in [6.45, 7) is 0. The van der Waals surface area contributed by atoms with Gasteiger partial charge >= 0.3 is 0 Å². The number of nitrogens with zero attached hydrogens (tertiary/aromatic N) is 1. The summed E-state index contributed by atoms with van der Waals surface area (Å²) in [7, 11) is -3.86. The number of para-hydroxylation sites is 1. The van der Waals surface area contributed by atoms with Gasteiger partial charge in [0.2, 0.25) is 0 Å². The molecule has 4 rings (SSSR count). The van der Waals surface area contributed by atoms with Crippen LogP contribution in [0.1, 0.15) is 36.2 Å². The van der Waals surface area contributed by atoms with Crippen molar-refractivity contribution in [3.8, 4) is 0 Å². The van der Waals surface area contributed by atoms with Gasteiger partial charge < -0.3 is 0 Å². The minimum absolute atomic E-state index is 0.0531. The third-order valence-electron chi connectivity index (χ3n) is 5.01. The lowest BCUT2D eigenvalue weighted by atomic mass is 10.0. The highest BCUT2D eigenvalue weighted by molar-refractivity contribution is 14.1. The van der Waals surface area contributed by atoms with E-state index in [9.17, 15) is 13.2 Å². The molecule has 0 N–H and O–H groups in total. The number of hydrogen-bond donors (Lipinski definition) is 0. The fourth-order valence-corrected chi connectivity index (χ4v) is 6.39. The average Bonchev–Trinajstić information content (AvgIpc) is 3.29. The van der Waals surface area contributed by atoms with Crippen molar-refractivity contribution < 1.29 is 13.2 Å². The number of Topliss-reactive ketones (excluding diaryl/α,β-unsaturated/α-hetero) is 1. The Hall–Kier alpha value is -1.67. The fourth-order valence-electron chi connectivity index (χ4n) is 3.71. The van der Waals surface area contributed by atoms with E-state index < -0.39 is 10.0 Å². The molecular weight excluding hydrogens is 461 g/mol. The summed E-state index contributed by atoms with van der Waals surface area (Å²) < 4.78 is 28.8. The number of carbonyl (C=O) groups is 1. The Morgan fingerprint density at radius 3 is 2.27 bits per heavy atom. The molecule has 1 aliphatic rings. The second-order valence-corrected chi connectivity index (χ2v) is 9.47. The quantitative estimate of drug-likeness (QED) is 0.397. The van der Waals surface area contributed by atoms with Crippen LogP contribution in [0.5, 0.6) is 0 Å². The number of halogens is 1. The molecule has 0 atom stereocenters. The average molecular weight is 479 g/mol. The van der Waals surface area contributed by atoms with Gasteiger partial charge in [-0.25, -0.2) is 12.4 Å². The molecule has 0 spiro atoms. The molecule has 1 fully saturated rings. The topological polar surface area (TPSA) is 56.1 Å². The predicted octanol–water partition coefficient (Wildman–Crippen LogP) is 4.86. The first-order valence-corrected chi connectivity index (χ1v) is 11.2. The van der Waals surface area contributed by atoms with Crippen LogP contribution in [0.3, 0.4) is 0 Å². The first kappa shape index (κ1) is 17.7.